The molecule has 0 fully saturated rings. The molecule has 0 aliphatic carbocycles. The third-order valence-electron chi connectivity index (χ3n) is 2.88. The fourth-order valence-electron chi connectivity index (χ4n) is 1.73. The average molecular weight is 325 g/mol. The molecule has 0 saturated heterocycles. The molecule has 0 N–H and O–H groups in total. The minimum Gasteiger partial charge on any atom is -0.0840 e. The Morgan fingerprint density at radius 1 is 0.667 bits per heavy atom. The molecule has 2 aromatic carbocycles. The van der Waals surface area contributed by atoms with Gasteiger partial charge in [0.1, 0.15) is 0 Å². The van der Waals surface area contributed by atoms with Crippen LogP contribution in [0.1, 0.15) is 49.9 Å². The lowest BCUT2D eigenvalue weighted by Gasteiger charge is -2.06. The summed E-state index contributed by atoms with van der Waals surface area (Å²) >= 11 is 12.2. The molecule has 0 aromatic heterocycles. The van der Waals surface area contributed by atoms with Gasteiger partial charge in [-0.05, 0) is 54.7 Å². The summed E-state index contributed by atoms with van der Waals surface area (Å²) in [5, 5.41) is 1.64. The van der Waals surface area contributed by atoms with Crippen molar-refractivity contribution < 1.29 is 0 Å². The van der Waals surface area contributed by atoms with Crippen LogP contribution in [0.2, 0.25) is 10.0 Å². The molecule has 0 spiro atoms. The van der Waals surface area contributed by atoms with Gasteiger partial charge in [0.05, 0.1) is 0 Å². The third kappa shape index (κ3) is 6.54. The van der Waals surface area contributed by atoms with Crippen LogP contribution in [0.5, 0.6) is 0 Å². The molecule has 2 rings (SSSR count). The van der Waals surface area contributed by atoms with E-state index in [4.69, 9.17) is 23.2 Å². The Morgan fingerprint density at radius 2 is 1.00 bits per heavy atom. The fraction of sp³-hybridized carbons (Fsp3) is 0.368. The van der Waals surface area contributed by atoms with Crippen molar-refractivity contribution in [1.29, 1.82) is 0 Å². The van der Waals surface area contributed by atoms with Crippen LogP contribution in [0, 0.1) is 13.8 Å². The third-order valence-corrected chi connectivity index (χ3v) is 3.70. The maximum atomic E-state index is 6.11. The summed E-state index contributed by atoms with van der Waals surface area (Å²) < 4.78 is 0. The highest BCUT2D eigenvalue weighted by atomic mass is 35.5. The van der Waals surface area contributed by atoms with E-state index >= 15 is 0 Å². The lowest BCUT2D eigenvalue weighted by Crippen LogP contribution is -1.90. The Kier molecular flexibility index (Phi) is 10.2. The van der Waals surface area contributed by atoms with E-state index in [0.29, 0.717) is 0 Å². The zero-order chi connectivity index (χ0) is 16.4. The van der Waals surface area contributed by atoms with Crippen molar-refractivity contribution in [2.75, 3.05) is 0 Å². The number of rotatable bonds is 2. The van der Waals surface area contributed by atoms with E-state index in [0.717, 1.165) is 27.6 Å². The summed E-state index contributed by atoms with van der Waals surface area (Å²) in [7, 11) is 0. The second-order valence-electron chi connectivity index (χ2n) is 4.34. The first-order chi connectivity index (χ1) is 10.1. The summed E-state index contributed by atoms with van der Waals surface area (Å²) in [5.41, 5.74) is 4.63. The van der Waals surface area contributed by atoms with Crippen LogP contribution in [0.25, 0.3) is 0 Å². The molecular weight excluding hydrogens is 299 g/mol. The van der Waals surface area contributed by atoms with Gasteiger partial charge >= 0.3 is 0 Å². The largest absolute Gasteiger partial charge is 0.0840 e. The predicted octanol–water partition coefficient (Wildman–Crippen LogP) is 7.25. The Hall–Kier alpha value is -0.980. The smallest absolute Gasteiger partial charge is 0.0438 e. The molecule has 0 aliphatic heterocycles. The second-order valence-corrected chi connectivity index (χ2v) is 5.16. The Morgan fingerprint density at radius 3 is 1.29 bits per heavy atom. The van der Waals surface area contributed by atoms with Crippen LogP contribution in [0.4, 0.5) is 0 Å². The van der Waals surface area contributed by atoms with Gasteiger partial charge in [-0.15, -0.1) is 0 Å². The van der Waals surface area contributed by atoms with Crippen molar-refractivity contribution in [2.24, 2.45) is 0 Å². The fourth-order valence-corrected chi connectivity index (χ4v) is 2.13. The predicted molar refractivity (Wildman–Crippen MR) is 97.9 cm³/mol. The maximum Gasteiger partial charge on any atom is 0.0438 e. The van der Waals surface area contributed by atoms with Crippen molar-refractivity contribution in [3.8, 4) is 0 Å². The van der Waals surface area contributed by atoms with Gasteiger partial charge in [0, 0.05) is 10.0 Å². The molecule has 116 valence electrons. The minimum atomic E-state index is 0.820. The van der Waals surface area contributed by atoms with Crippen molar-refractivity contribution in [3.05, 3.63) is 68.7 Å². The zero-order valence-corrected chi connectivity index (χ0v) is 15.4. The first kappa shape index (κ1) is 20.0. The van der Waals surface area contributed by atoms with Gasteiger partial charge in [-0.2, -0.15) is 0 Å². The molecule has 0 amide bonds. The Balaban J connectivity index is 0.000000921. The van der Waals surface area contributed by atoms with Gasteiger partial charge in [-0.3, -0.25) is 0 Å². The summed E-state index contributed by atoms with van der Waals surface area (Å²) in [5.74, 6) is 0. The van der Waals surface area contributed by atoms with Crippen molar-refractivity contribution in [2.45, 2.75) is 48.0 Å². The standard InChI is InChI=1S/C15H14Cl2.2C2H6/c1-10-3-5-12(8-14(10)16)7-13-6-4-11(2)15(17)9-13;2*1-2/h3-6,8-9H,7H2,1-2H3;2*1-2H3. The first-order valence-corrected chi connectivity index (χ1v) is 8.32. The highest BCUT2D eigenvalue weighted by Gasteiger charge is 2.02. The molecule has 0 aliphatic rings. The van der Waals surface area contributed by atoms with Gasteiger partial charge in [0.15, 0.2) is 0 Å². The van der Waals surface area contributed by atoms with Crippen molar-refractivity contribution in [1.82, 2.24) is 0 Å². The van der Waals surface area contributed by atoms with E-state index in [1.165, 1.54) is 11.1 Å². The Labute approximate surface area is 140 Å². The average Bonchev–Trinajstić information content (AvgIpc) is 2.51. The number of aryl methyl sites for hydroxylation is 2. The quantitative estimate of drug-likeness (QED) is 0.545. The summed E-state index contributed by atoms with van der Waals surface area (Å²) in [6.07, 6.45) is 0.861. The van der Waals surface area contributed by atoms with Gasteiger partial charge in [-0.1, -0.05) is 75.2 Å². The number of benzene rings is 2. The van der Waals surface area contributed by atoms with Crippen molar-refractivity contribution >= 4 is 23.2 Å². The highest BCUT2D eigenvalue weighted by Crippen LogP contribution is 2.22. The Bertz CT molecular complexity index is 496. The normalized spacial score (nSPS) is 9.14. The molecule has 0 bridgehead atoms. The van der Waals surface area contributed by atoms with Gasteiger partial charge in [0.25, 0.3) is 0 Å². The molecule has 0 unspecified atom stereocenters. The molecule has 21 heavy (non-hydrogen) atoms. The number of hydrogen-bond donors (Lipinski definition) is 0. The van der Waals surface area contributed by atoms with E-state index in [9.17, 15) is 0 Å². The molecule has 2 heteroatoms. The van der Waals surface area contributed by atoms with Crippen LogP contribution in [0.3, 0.4) is 0 Å². The van der Waals surface area contributed by atoms with E-state index in [2.05, 4.69) is 12.1 Å². The lowest BCUT2D eigenvalue weighted by atomic mass is 10.0. The summed E-state index contributed by atoms with van der Waals surface area (Å²) in [4.78, 5) is 0. The van der Waals surface area contributed by atoms with E-state index in [1.807, 2.05) is 65.8 Å². The maximum absolute atomic E-state index is 6.11. The zero-order valence-electron chi connectivity index (χ0n) is 13.9. The van der Waals surface area contributed by atoms with E-state index in [1.54, 1.807) is 0 Å². The molecular formula is C19H26Cl2. The van der Waals surface area contributed by atoms with Gasteiger partial charge in [0.2, 0.25) is 0 Å². The molecule has 0 atom stereocenters. The van der Waals surface area contributed by atoms with E-state index in [-0.39, 0.29) is 0 Å². The van der Waals surface area contributed by atoms with Crippen LogP contribution >= 0.6 is 23.2 Å². The number of hydrogen-bond acceptors (Lipinski definition) is 0. The highest BCUT2D eigenvalue weighted by molar-refractivity contribution is 6.31. The van der Waals surface area contributed by atoms with Crippen molar-refractivity contribution in [3.63, 3.8) is 0 Å². The van der Waals surface area contributed by atoms with E-state index < -0.39 is 0 Å². The first-order valence-electron chi connectivity index (χ1n) is 7.56. The summed E-state index contributed by atoms with van der Waals surface area (Å²) in [6.45, 7) is 12.0. The number of halogens is 2. The molecule has 2 aromatic rings. The van der Waals surface area contributed by atoms with Crippen LogP contribution in [-0.2, 0) is 6.42 Å². The van der Waals surface area contributed by atoms with Gasteiger partial charge in [-0.25, -0.2) is 0 Å². The topological polar surface area (TPSA) is 0 Å². The lowest BCUT2D eigenvalue weighted by molar-refractivity contribution is 1.18. The minimum absolute atomic E-state index is 0.820. The van der Waals surface area contributed by atoms with Crippen LogP contribution in [0.15, 0.2) is 36.4 Å². The molecule has 0 radical (unpaired) electrons. The van der Waals surface area contributed by atoms with Crippen LogP contribution in [-0.4, -0.2) is 0 Å². The molecule has 0 nitrogen and oxygen atoms in total. The summed E-state index contributed by atoms with van der Waals surface area (Å²) in [6, 6.07) is 12.3. The SMILES string of the molecule is CC.CC.Cc1ccc(Cc2ccc(C)c(Cl)c2)cc1Cl. The molecule has 0 heterocycles. The monoisotopic (exact) mass is 324 g/mol. The van der Waals surface area contributed by atoms with Crippen LogP contribution < -0.4 is 0 Å². The second kappa shape index (κ2) is 10.7. The molecule has 0 saturated carbocycles. The van der Waals surface area contributed by atoms with Gasteiger partial charge < -0.3 is 0 Å².